The number of thiophene rings is 1. The molecule has 2 aromatic rings. The Balaban J connectivity index is 1.54. The number of aromatic nitrogens is 1. The molecule has 0 radical (unpaired) electrons. The van der Waals surface area contributed by atoms with Gasteiger partial charge in [0.15, 0.2) is 0 Å². The van der Waals surface area contributed by atoms with Crippen molar-refractivity contribution in [3.05, 3.63) is 16.5 Å². The van der Waals surface area contributed by atoms with Gasteiger partial charge in [0.2, 0.25) is 0 Å². The molecular formula is C21H31N7O3S. The molecule has 10 nitrogen and oxygen atoms in total. The Morgan fingerprint density at radius 2 is 1.94 bits per heavy atom. The number of piperidine rings is 1. The average Bonchev–Trinajstić information content (AvgIpc) is 3.14. The molecule has 2 amide bonds. The van der Waals surface area contributed by atoms with E-state index in [2.05, 4.69) is 15.1 Å². The number of fused-ring (bicyclic) bond motifs is 1. The molecule has 4 heterocycles. The molecule has 2 fully saturated rings. The van der Waals surface area contributed by atoms with E-state index in [-0.39, 0.29) is 22.5 Å². The summed E-state index contributed by atoms with van der Waals surface area (Å²) in [5, 5.41) is 3.50. The van der Waals surface area contributed by atoms with E-state index in [9.17, 15) is 9.59 Å². The Bertz CT molecular complexity index is 981. The maximum Gasteiger partial charge on any atom is 0.260 e. The first-order chi connectivity index (χ1) is 15.4. The Labute approximate surface area is 191 Å². The summed E-state index contributed by atoms with van der Waals surface area (Å²) in [4.78, 5) is 34.9. The highest BCUT2D eigenvalue weighted by Crippen LogP contribution is 2.37. The summed E-state index contributed by atoms with van der Waals surface area (Å²) in [5.74, 6) is -0.150. The summed E-state index contributed by atoms with van der Waals surface area (Å²) in [7, 11) is 0. The molecule has 7 N–H and O–H groups in total. The normalized spacial score (nSPS) is 18.2. The van der Waals surface area contributed by atoms with Crippen molar-refractivity contribution in [1.29, 1.82) is 0 Å². The van der Waals surface area contributed by atoms with Crippen molar-refractivity contribution in [2.45, 2.75) is 25.3 Å². The van der Waals surface area contributed by atoms with Gasteiger partial charge in [0, 0.05) is 44.2 Å². The molecule has 0 aromatic carbocycles. The molecule has 11 heteroatoms. The monoisotopic (exact) mass is 461 g/mol. The first-order valence-electron chi connectivity index (χ1n) is 11.1. The van der Waals surface area contributed by atoms with E-state index in [0.29, 0.717) is 28.1 Å². The minimum Gasteiger partial charge on any atom is -0.397 e. The first-order valence-corrected chi connectivity index (χ1v) is 11.9. The highest BCUT2D eigenvalue weighted by atomic mass is 32.1. The predicted molar refractivity (Wildman–Crippen MR) is 126 cm³/mol. The van der Waals surface area contributed by atoms with Gasteiger partial charge in [-0.15, -0.1) is 11.3 Å². The highest BCUT2D eigenvalue weighted by Gasteiger charge is 2.25. The minimum absolute atomic E-state index is 0.183. The van der Waals surface area contributed by atoms with E-state index in [0.717, 1.165) is 76.5 Å². The number of hydrogen-bond acceptors (Lipinski definition) is 9. The number of ether oxygens (including phenoxy) is 1. The number of carbonyl (C=O) groups excluding carboxylic acids is 2. The number of nitrogens with one attached hydrogen (secondary N) is 1. The van der Waals surface area contributed by atoms with Crippen LogP contribution in [-0.4, -0.2) is 80.2 Å². The van der Waals surface area contributed by atoms with Gasteiger partial charge in [0.1, 0.15) is 15.5 Å². The van der Waals surface area contributed by atoms with Crippen molar-refractivity contribution in [2.24, 2.45) is 11.5 Å². The number of anilines is 2. The van der Waals surface area contributed by atoms with Crippen LogP contribution in [0.1, 0.15) is 39.3 Å². The van der Waals surface area contributed by atoms with E-state index >= 15 is 0 Å². The Morgan fingerprint density at radius 3 is 2.62 bits per heavy atom. The zero-order chi connectivity index (χ0) is 22.7. The minimum atomic E-state index is -0.618. The van der Waals surface area contributed by atoms with Crippen LogP contribution in [0.5, 0.6) is 0 Å². The molecule has 0 atom stereocenters. The zero-order valence-electron chi connectivity index (χ0n) is 18.1. The summed E-state index contributed by atoms with van der Waals surface area (Å²) in [6.45, 7) is 6.33. The number of nitrogens with two attached hydrogens (primary N) is 3. The lowest BCUT2D eigenvalue weighted by molar-refractivity contribution is 0.0374. The third kappa shape index (κ3) is 4.96. The van der Waals surface area contributed by atoms with Crippen LogP contribution in [0.25, 0.3) is 10.2 Å². The molecule has 0 unspecified atom stereocenters. The smallest absolute Gasteiger partial charge is 0.260 e. The standard InChI is InChI=1S/C21H31N7O3S/c22-13-2-6-28(7-3-13)15-12-14(16-17(23)18(19(24)29)32-21(16)26-15)20(30)25-4-1-5-27-8-10-31-11-9-27/h12-13H,1-11,22-23H2,(H2,24,29)(H,25,30). The number of primary amides is 1. The molecule has 0 bridgehead atoms. The molecule has 32 heavy (non-hydrogen) atoms. The molecule has 2 aliphatic heterocycles. The van der Waals surface area contributed by atoms with Gasteiger partial charge in [-0.25, -0.2) is 4.98 Å². The highest BCUT2D eigenvalue weighted by molar-refractivity contribution is 7.21. The first kappa shape index (κ1) is 22.7. The van der Waals surface area contributed by atoms with Crippen LogP contribution in [0.15, 0.2) is 6.07 Å². The molecule has 2 aromatic heterocycles. The van der Waals surface area contributed by atoms with E-state index < -0.39 is 5.91 Å². The second-order valence-electron chi connectivity index (χ2n) is 8.31. The SMILES string of the molecule is NC(=O)c1sc2nc(N3CCC(N)CC3)cc(C(=O)NCCCN3CCOCC3)c2c1N. The van der Waals surface area contributed by atoms with Gasteiger partial charge in [-0.2, -0.15) is 0 Å². The lowest BCUT2D eigenvalue weighted by atomic mass is 10.1. The van der Waals surface area contributed by atoms with Gasteiger partial charge >= 0.3 is 0 Å². The third-order valence-electron chi connectivity index (χ3n) is 6.06. The van der Waals surface area contributed by atoms with E-state index in [1.165, 1.54) is 0 Å². The number of carbonyl (C=O) groups is 2. The Morgan fingerprint density at radius 1 is 1.22 bits per heavy atom. The van der Waals surface area contributed by atoms with Crippen LogP contribution in [0, 0.1) is 0 Å². The summed E-state index contributed by atoms with van der Waals surface area (Å²) in [6, 6.07) is 1.95. The number of hydrogen-bond donors (Lipinski definition) is 4. The largest absolute Gasteiger partial charge is 0.397 e. The van der Waals surface area contributed by atoms with Crippen LogP contribution in [0.2, 0.25) is 0 Å². The van der Waals surface area contributed by atoms with Crippen molar-refractivity contribution in [2.75, 3.05) is 63.1 Å². The van der Waals surface area contributed by atoms with E-state index in [1.807, 2.05) is 0 Å². The summed E-state index contributed by atoms with van der Waals surface area (Å²) in [5.41, 5.74) is 18.4. The molecule has 2 aliphatic rings. The molecule has 2 saturated heterocycles. The number of rotatable bonds is 7. The fourth-order valence-corrected chi connectivity index (χ4v) is 5.15. The second kappa shape index (κ2) is 9.99. The van der Waals surface area contributed by atoms with Crippen molar-refractivity contribution in [3.63, 3.8) is 0 Å². The third-order valence-corrected chi connectivity index (χ3v) is 7.17. The molecule has 0 saturated carbocycles. The predicted octanol–water partition coefficient (Wildman–Crippen LogP) is 0.357. The van der Waals surface area contributed by atoms with Crippen LogP contribution in [0.4, 0.5) is 11.5 Å². The maximum absolute atomic E-state index is 13.2. The number of amides is 2. The van der Waals surface area contributed by atoms with Gasteiger partial charge in [0.25, 0.3) is 11.8 Å². The maximum atomic E-state index is 13.2. The van der Waals surface area contributed by atoms with E-state index in [4.69, 9.17) is 26.9 Å². The van der Waals surface area contributed by atoms with Crippen molar-refractivity contribution < 1.29 is 14.3 Å². The van der Waals surface area contributed by atoms with Crippen molar-refractivity contribution in [1.82, 2.24) is 15.2 Å². The van der Waals surface area contributed by atoms with Gasteiger partial charge in [0.05, 0.1) is 24.5 Å². The van der Waals surface area contributed by atoms with Crippen molar-refractivity contribution in [3.8, 4) is 0 Å². The lowest BCUT2D eigenvalue weighted by Crippen LogP contribution is -2.40. The van der Waals surface area contributed by atoms with Gasteiger partial charge in [-0.1, -0.05) is 0 Å². The van der Waals surface area contributed by atoms with Gasteiger partial charge in [-0.05, 0) is 31.9 Å². The Kier molecular flexibility index (Phi) is 7.09. The fraction of sp³-hybridized carbons (Fsp3) is 0.571. The molecule has 4 rings (SSSR count). The molecular weight excluding hydrogens is 430 g/mol. The summed E-state index contributed by atoms with van der Waals surface area (Å²) < 4.78 is 5.37. The molecule has 174 valence electrons. The fourth-order valence-electron chi connectivity index (χ4n) is 4.19. The lowest BCUT2D eigenvalue weighted by Gasteiger charge is -2.31. The molecule has 0 spiro atoms. The second-order valence-corrected chi connectivity index (χ2v) is 9.30. The van der Waals surface area contributed by atoms with E-state index in [1.54, 1.807) is 6.07 Å². The molecule has 0 aliphatic carbocycles. The number of nitrogens with zero attached hydrogens (tertiary/aromatic N) is 3. The summed E-state index contributed by atoms with van der Waals surface area (Å²) in [6.07, 6.45) is 2.56. The average molecular weight is 462 g/mol. The number of nitrogen functional groups attached to an aromatic ring is 1. The topological polar surface area (TPSA) is 153 Å². The van der Waals surface area contributed by atoms with Crippen molar-refractivity contribution >= 4 is 44.9 Å². The van der Waals surface area contributed by atoms with Crippen LogP contribution in [0.3, 0.4) is 0 Å². The number of pyridine rings is 1. The Hall–Kier alpha value is -2.47. The number of morpholine rings is 1. The summed E-state index contributed by atoms with van der Waals surface area (Å²) >= 11 is 1.13. The quantitative estimate of drug-likeness (QED) is 0.431. The van der Waals surface area contributed by atoms with Crippen LogP contribution < -0.4 is 27.4 Å². The van der Waals surface area contributed by atoms with Crippen LogP contribution in [-0.2, 0) is 4.74 Å². The van der Waals surface area contributed by atoms with Gasteiger partial charge in [-0.3, -0.25) is 14.5 Å². The van der Waals surface area contributed by atoms with Crippen LogP contribution >= 0.6 is 11.3 Å². The zero-order valence-corrected chi connectivity index (χ0v) is 19.0. The van der Waals surface area contributed by atoms with Gasteiger partial charge < -0.3 is 32.2 Å².